The molecule has 1 rings (SSSR count). The van der Waals surface area contributed by atoms with Crippen LogP contribution in [-0.4, -0.2) is 22.1 Å². The van der Waals surface area contributed by atoms with E-state index in [1.54, 1.807) is 10.6 Å². The monoisotopic (exact) mass is 209 g/mol. The fourth-order valence-corrected chi connectivity index (χ4v) is 1.50. The number of nitrogens with one attached hydrogen (secondary N) is 1. The van der Waals surface area contributed by atoms with Crippen molar-refractivity contribution in [2.75, 3.05) is 6.54 Å². The van der Waals surface area contributed by atoms with Gasteiger partial charge in [0.05, 0.1) is 0 Å². The van der Waals surface area contributed by atoms with Crippen LogP contribution in [-0.2, 0) is 6.54 Å². The van der Waals surface area contributed by atoms with Crippen molar-refractivity contribution in [3.05, 3.63) is 27.9 Å². The van der Waals surface area contributed by atoms with Crippen LogP contribution in [0.15, 0.2) is 10.9 Å². The van der Waals surface area contributed by atoms with Crippen molar-refractivity contribution in [3.63, 3.8) is 0 Å². The molecule has 0 aromatic carbocycles. The average Bonchev–Trinajstić information content (AvgIpc) is 2.08. The minimum Gasteiger partial charge on any atom is -0.313 e. The van der Waals surface area contributed by atoms with Crippen LogP contribution in [0.5, 0.6) is 0 Å². The van der Waals surface area contributed by atoms with Gasteiger partial charge in [0, 0.05) is 30.9 Å². The number of aryl methyl sites for hydroxylation is 2. The molecular formula is C11H19N3O. The lowest BCUT2D eigenvalue weighted by atomic mass is 10.4. The first-order valence-electron chi connectivity index (χ1n) is 5.29. The van der Waals surface area contributed by atoms with Gasteiger partial charge in [-0.2, -0.15) is 0 Å². The molecule has 0 amide bonds. The van der Waals surface area contributed by atoms with Gasteiger partial charge in [-0.1, -0.05) is 13.8 Å². The van der Waals surface area contributed by atoms with Crippen LogP contribution in [0.4, 0.5) is 0 Å². The van der Waals surface area contributed by atoms with E-state index in [0.29, 0.717) is 12.6 Å². The molecule has 0 aliphatic carbocycles. The Morgan fingerprint density at radius 1 is 1.47 bits per heavy atom. The van der Waals surface area contributed by atoms with Crippen LogP contribution < -0.4 is 10.9 Å². The van der Waals surface area contributed by atoms with Crippen LogP contribution in [0.25, 0.3) is 0 Å². The summed E-state index contributed by atoms with van der Waals surface area (Å²) in [6.45, 7) is 9.35. The standard InChI is InChI=1S/C11H19N3O/c1-8(2)12-5-6-14-10(4)13-9(3)7-11(14)15/h7-8,12H,5-6H2,1-4H3. The highest BCUT2D eigenvalue weighted by Gasteiger charge is 2.02. The normalized spacial score (nSPS) is 11.0. The zero-order valence-corrected chi connectivity index (χ0v) is 9.87. The third kappa shape index (κ3) is 3.47. The minimum atomic E-state index is 0.0329. The van der Waals surface area contributed by atoms with Crippen LogP contribution in [0, 0.1) is 13.8 Å². The Labute approximate surface area is 90.3 Å². The number of aromatic nitrogens is 2. The molecule has 0 spiro atoms. The number of hydrogen-bond donors (Lipinski definition) is 1. The Morgan fingerprint density at radius 2 is 2.13 bits per heavy atom. The predicted molar refractivity (Wildman–Crippen MR) is 61.1 cm³/mol. The molecule has 0 saturated carbocycles. The molecule has 84 valence electrons. The van der Waals surface area contributed by atoms with Gasteiger partial charge in [-0.05, 0) is 13.8 Å². The molecule has 15 heavy (non-hydrogen) atoms. The maximum absolute atomic E-state index is 11.6. The van der Waals surface area contributed by atoms with E-state index in [1.165, 1.54) is 0 Å². The summed E-state index contributed by atoms with van der Waals surface area (Å²) < 4.78 is 1.70. The fourth-order valence-electron chi connectivity index (χ4n) is 1.50. The van der Waals surface area contributed by atoms with Crippen LogP contribution in [0.2, 0.25) is 0 Å². The molecule has 0 bridgehead atoms. The predicted octanol–water partition coefficient (Wildman–Crippen LogP) is 0.858. The maximum atomic E-state index is 11.6. The Bertz CT molecular complexity index is 382. The van der Waals surface area contributed by atoms with E-state index in [1.807, 2.05) is 13.8 Å². The molecule has 1 heterocycles. The Hall–Kier alpha value is -1.16. The largest absolute Gasteiger partial charge is 0.313 e. The SMILES string of the molecule is Cc1cc(=O)n(CCNC(C)C)c(C)n1. The third-order valence-electron chi connectivity index (χ3n) is 2.22. The van der Waals surface area contributed by atoms with Gasteiger partial charge in [-0.3, -0.25) is 9.36 Å². The molecule has 0 unspecified atom stereocenters. The lowest BCUT2D eigenvalue weighted by molar-refractivity contribution is 0.522. The van der Waals surface area contributed by atoms with E-state index in [9.17, 15) is 4.79 Å². The molecule has 0 aliphatic heterocycles. The molecule has 1 aromatic heterocycles. The topological polar surface area (TPSA) is 46.9 Å². The lowest BCUT2D eigenvalue weighted by Crippen LogP contribution is -2.32. The first kappa shape index (κ1) is 11.9. The molecule has 0 aliphatic rings. The van der Waals surface area contributed by atoms with Crippen LogP contribution >= 0.6 is 0 Å². The van der Waals surface area contributed by atoms with Crippen molar-refractivity contribution >= 4 is 0 Å². The molecule has 4 nitrogen and oxygen atoms in total. The van der Waals surface area contributed by atoms with Gasteiger partial charge in [-0.25, -0.2) is 4.98 Å². The molecule has 0 saturated heterocycles. The van der Waals surface area contributed by atoms with Gasteiger partial charge >= 0.3 is 0 Å². The van der Waals surface area contributed by atoms with Crippen molar-refractivity contribution in [1.29, 1.82) is 0 Å². The van der Waals surface area contributed by atoms with E-state index in [-0.39, 0.29) is 5.56 Å². The van der Waals surface area contributed by atoms with E-state index in [4.69, 9.17) is 0 Å². The second-order valence-corrected chi connectivity index (χ2v) is 4.04. The first-order valence-corrected chi connectivity index (χ1v) is 5.29. The quantitative estimate of drug-likeness (QED) is 0.800. The summed E-state index contributed by atoms with van der Waals surface area (Å²) in [5.74, 6) is 0.783. The molecule has 4 heteroatoms. The van der Waals surface area contributed by atoms with Gasteiger partial charge in [0.25, 0.3) is 5.56 Å². The van der Waals surface area contributed by atoms with E-state index < -0.39 is 0 Å². The fraction of sp³-hybridized carbons (Fsp3) is 0.636. The summed E-state index contributed by atoms with van der Waals surface area (Å²) in [5, 5.41) is 3.28. The molecule has 1 N–H and O–H groups in total. The van der Waals surface area contributed by atoms with E-state index in [2.05, 4.69) is 24.1 Å². The average molecular weight is 209 g/mol. The first-order chi connectivity index (χ1) is 7.00. The summed E-state index contributed by atoms with van der Waals surface area (Å²) in [6.07, 6.45) is 0. The van der Waals surface area contributed by atoms with Gasteiger partial charge in [0.1, 0.15) is 5.82 Å². The third-order valence-corrected chi connectivity index (χ3v) is 2.22. The Kier molecular flexibility index (Phi) is 4.03. The summed E-state index contributed by atoms with van der Waals surface area (Å²) in [7, 11) is 0. The molecule has 0 atom stereocenters. The van der Waals surface area contributed by atoms with Gasteiger partial charge < -0.3 is 5.32 Å². The second kappa shape index (κ2) is 5.07. The summed E-state index contributed by atoms with van der Waals surface area (Å²) in [5.41, 5.74) is 0.816. The molecular weight excluding hydrogens is 190 g/mol. The summed E-state index contributed by atoms with van der Waals surface area (Å²) >= 11 is 0. The summed E-state index contributed by atoms with van der Waals surface area (Å²) in [6, 6.07) is 2.02. The lowest BCUT2D eigenvalue weighted by Gasteiger charge is -2.11. The van der Waals surface area contributed by atoms with E-state index >= 15 is 0 Å². The van der Waals surface area contributed by atoms with Gasteiger partial charge in [-0.15, -0.1) is 0 Å². The van der Waals surface area contributed by atoms with E-state index in [0.717, 1.165) is 18.1 Å². The Morgan fingerprint density at radius 3 is 2.67 bits per heavy atom. The van der Waals surface area contributed by atoms with Crippen molar-refractivity contribution in [1.82, 2.24) is 14.9 Å². The van der Waals surface area contributed by atoms with Crippen molar-refractivity contribution < 1.29 is 0 Å². The number of nitrogens with zero attached hydrogens (tertiary/aromatic N) is 2. The molecule has 0 radical (unpaired) electrons. The van der Waals surface area contributed by atoms with Crippen molar-refractivity contribution in [2.45, 2.75) is 40.3 Å². The van der Waals surface area contributed by atoms with Crippen LogP contribution in [0.1, 0.15) is 25.4 Å². The zero-order valence-electron chi connectivity index (χ0n) is 9.87. The van der Waals surface area contributed by atoms with Gasteiger partial charge in [0.15, 0.2) is 0 Å². The Balaban J connectivity index is 2.73. The minimum absolute atomic E-state index is 0.0329. The second-order valence-electron chi connectivity index (χ2n) is 4.04. The van der Waals surface area contributed by atoms with Crippen LogP contribution in [0.3, 0.4) is 0 Å². The smallest absolute Gasteiger partial charge is 0.253 e. The molecule has 0 fully saturated rings. The number of rotatable bonds is 4. The zero-order chi connectivity index (χ0) is 11.4. The highest BCUT2D eigenvalue weighted by Crippen LogP contribution is 1.92. The highest BCUT2D eigenvalue weighted by atomic mass is 16.1. The van der Waals surface area contributed by atoms with Crippen molar-refractivity contribution in [2.24, 2.45) is 0 Å². The summed E-state index contributed by atoms with van der Waals surface area (Å²) in [4.78, 5) is 15.9. The number of hydrogen-bond acceptors (Lipinski definition) is 3. The highest BCUT2D eigenvalue weighted by molar-refractivity contribution is 5.01. The van der Waals surface area contributed by atoms with Gasteiger partial charge in [0.2, 0.25) is 0 Å². The maximum Gasteiger partial charge on any atom is 0.253 e. The molecule has 1 aromatic rings. The van der Waals surface area contributed by atoms with Crippen molar-refractivity contribution in [3.8, 4) is 0 Å².